The molecule has 0 saturated heterocycles. The molecule has 1 aromatic heterocycles. The van der Waals surface area contributed by atoms with E-state index in [0.717, 1.165) is 5.70 Å². The second kappa shape index (κ2) is 5.01. The molecule has 0 fully saturated rings. The summed E-state index contributed by atoms with van der Waals surface area (Å²) in [4.78, 5) is 11.8. The topological polar surface area (TPSA) is 52.7 Å². The van der Waals surface area contributed by atoms with Gasteiger partial charge in [-0.1, -0.05) is 23.1 Å². The second-order valence-corrected chi connectivity index (χ2v) is 7.00. The van der Waals surface area contributed by atoms with Gasteiger partial charge in [0, 0.05) is 12.7 Å². The molecule has 0 bridgehead atoms. The number of aryl methyl sites for hydroxylation is 1. The van der Waals surface area contributed by atoms with Crippen molar-refractivity contribution in [3.05, 3.63) is 32.8 Å². The Kier molecular flexibility index (Phi) is 3.85. The summed E-state index contributed by atoms with van der Waals surface area (Å²) in [5.74, 6) is 0.400. The summed E-state index contributed by atoms with van der Waals surface area (Å²) in [7, 11) is 1.61. The van der Waals surface area contributed by atoms with E-state index in [9.17, 15) is 4.79 Å². The van der Waals surface area contributed by atoms with Gasteiger partial charge in [-0.05, 0) is 22.4 Å². The van der Waals surface area contributed by atoms with Crippen molar-refractivity contribution >= 4 is 41.0 Å². The molecule has 1 aromatic rings. The number of aromatic nitrogens is 4. The second-order valence-electron chi connectivity index (χ2n) is 3.68. The molecular weight excluding hydrogens is 331 g/mol. The number of tetrazole rings is 1. The molecule has 1 atom stereocenters. The van der Waals surface area contributed by atoms with Crippen molar-refractivity contribution in [3.8, 4) is 0 Å². The number of allylic oxidation sites excluding steroid dienone is 4. The highest BCUT2D eigenvalue weighted by Gasteiger charge is 2.26. The van der Waals surface area contributed by atoms with Gasteiger partial charge < -0.3 is 0 Å². The fraction of sp³-hybridized carbons (Fsp3) is 0.333. The first-order valence-electron chi connectivity index (χ1n) is 4.95. The average molecular weight is 341 g/mol. The Bertz CT molecular complexity index is 504. The van der Waals surface area contributed by atoms with E-state index >= 15 is 0 Å². The monoisotopic (exact) mass is 341 g/mol. The summed E-state index contributed by atoms with van der Waals surface area (Å²) in [6.45, 7) is 2.14. The fourth-order valence-electron chi connectivity index (χ4n) is 1.63. The van der Waals surface area contributed by atoms with E-state index in [4.69, 9.17) is 0 Å². The van der Waals surface area contributed by atoms with E-state index in [1.807, 2.05) is 12.2 Å². The minimum Gasteiger partial charge on any atom is -0.300 e. The summed E-state index contributed by atoms with van der Waals surface area (Å²) < 4.78 is 3.97. The Hall–Kier alpha value is -0.154. The average Bonchev–Trinajstić information content (AvgIpc) is 2.59. The highest BCUT2D eigenvalue weighted by Crippen LogP contribution is 2.30. The summed E-state index contributed by atoms with van der Waals surface area (Å²) in [6.07, 6.45) is 6.06. The minimum atomic E-state index is -0.347. The Morgan fingerprint density at radius 1 is 1.50 bits per heavy atom. The lowest BCUT2D eigenvalue weighted by Gasteiger charge is -2.24. The number of hydrogen-bond acceptors (Lipinski definition) is 3. The van der Waals surface area contributed by atoms with Crippen LogP contribution in [0.2, 0.25) is 0 Å². The molecule has 16 heavy (non-hydrogen) atoms. The van der Waals surface area contributed by atoms with Crippen LogP contribution in [-0.4, -0.2) is 36.3 Å². The van der Waals surface area contributed by atoms with Crippen LogP contribution in [0.1, 0.15) is 6.92 Å². The molecule has 0 aliphatic heterocycles. The first-order valence-corrected chi connectivity index (χ1v) is 10.8. The van der Waals surface area contributed by atoms with Crippen molar-refractivity contribution in [2.24, 2.45) is 13.0 Å². The summed E-state index contributed by atoms with van der Waals surface area (Å²) >= 11 is 2.09. The predicted molar refractivity (Wildman–Crippen MR) is 70.9 cm³/mol. The van der Waals surface area contributed by atoms with Crippen LogP contribution in [0.4, 0.5) is 0 Å². The molecule has 0 saturated carbocycles. The van der Waals surface area contributed by atoms with E-state index < -0.39 is 0 Å². The van der Waals surface area contributed by atoms with Crippen molar-refractivity contribution in [1.82, 2.24) is 19.8 Å². The third-order valence-corrected chi connectivity index (χ3v) is 6.39. The molecule has 0 spiro atoms. The van der Waals surface area contributed by atoms with Gasteiger partial charge in [0.1, 0.15) is 0 Å². The summed E-state index contributed by atoms with van der Waals surface area (Å²) in [5.41, 5.74) is 0.722. The lowest BCUT2D eigenvalue weighted by atomic mass is 9.99. The molecule has 1 aliphatic rings. The SMILES string of the molecule is CC1C=CC=C(n2nnn(C)c2=O)[C]1[Mg][I]. The van der Waals surface area contributed by atoms with Gasteiger partial charge >= 0.3 is 22.2 Å². The van der Waals surface area contributed by atoms with Crippen molar-refractivity contribution in [2.45, 2.75) is 6.92 Å². The van der Waals surface area contributed by atoms with Gasteiger partial charge in [0.05, 0.1) is 0 Å². The van der Waals surface area contributed by atoms with Gasteiger partial charge in [-0.25, -0.2) is 4.79 Å². The molecule has 0 N–H and O–H groups in total. The van der Waals surface area contributed by atoms with E-state index in [2.05, 4.69) is 42.3 Å². The maximum absolute atomic E-state index is 11.8. The summed E-state index contributed by atoms with van der Waals surface area (Å²) in [5, 5.41) is 7.62. The van der Waals surface area contributed by atoms with Crippen molar-refractivity contribution in [2.75, 3.05) is 0 Å². The zero-order valence-electron chi connectivity index (χ0n) is 9.09. The smallest absolute Gasteiger partial charge is 0.300 e. The van der Waals surface area contributed by atoms with Crippen LogP contribution in [0.25, 0.3) is 5.70 Å². The first-order chi connectivity index (χ1) is 7.65. The molecule has 1 radical (unpaired) electrons. The molecular formula is C9H10IMgN4O. The Labute approximate surface area is 113 Å². The van der Waals surface area contributed by atoms with Crippen molar-refractivity contribution < 1.29 is 0 Å². The molecule has 1 aliphatic carbocycles. The minimum absolute atomic E-state index is 0.190. The van der Waals surface area contributed by atoms with Gasteiger partial charge in [-0.15, -0.1) is 0 Å². The normalized spacial score (nSPS) is 20.7. The van der Waals surface area contributed by atoms with Crippen LogP contribution in [0.15, 0.2) is 23.0 Å². The maximum Gasteiger partial charge on any atom is 0.477 e. The number of halogens is 1. The van der Waals surface area contributed by atoms with Crippen LogP contribution in [0, 0.1) is 9.97 Å². The van der Waals surface area contributed by atoms with E-state index in [1.54, 1.807) is 7.05 Å². The van der Waals surface area contributed by atoms with E-state index in [0.29, 0.717) is 5.92 Å². The maximum atomic E-state index is 11.8. The molecule has 1 unspecified atom stereocenters. The Morgan fingerprint density at radius 3 is 2.81 bits per heavy atom. The van der Waals surface area contributed by atoms with Crippen LogP contribution in [-0.2, 0) is 7.05 Å². The van der Waals surface area contributed by atoms with Gasteiger partial charge in [0.15, 0.2) is 0 Å². The van der Waals surface area contributed by atoms with E-state index in [-0.39, 0.29) is 22.2 Å². The molecule has 2 rings (SSSR count). The Morgan fingerprint density at radius 2 is 2.25 bits per heavy atom. The molecule has 0 aromatic carbocycles. The first kappa shape index (κ1) is 12.3. The van der Waals surface area contributed by atoms with Gasteiger partial charge in [-0.2, -0.15) is 9.36 Å². The lowest BCUT2D eigenvalue weighted by Crippen LogP contribution is -2.28. The zero-order valence-corrected chi connectivity index (χ0v) is 12.7. The summed E-state index contributed by atoms with van der Waals surface area (Å²) in [6, 6.07) is 0. The molecule has 81 valence electrons. The molecule has 7 heteroatoms. The molecule has 1 heterocycles. The van der Waals surface area contributed by atoms with E-state index in [1.165, 1.54) is 13.4 Å². The van der Waals surface area contributed by atoms with Crippen LogP contribution in [0.5, 0.6) is 0 Å². The quantitative estimate of drug-likeness (QED) is 0.585. The highest BCUT2D eigenvalue weighted by atomic mass is 127. The third-order valence-electron chi connectivity index (χ3n) is 2.63. The van der Waals surface area contributed by atoms with Crippen LogP contribution in [0.3, 0.4) is 0 Å². The third kappa shape index (κ3) is 2.12. The Balaban J connectivity index is 2.47. The zero-order chi connectivity index (χ0) is 11.7. The number of nitrogens with zero attached hydrogens (tertiary/aromatic N) is 4. The predicted octanol–water partition coefficient (Wildman–Crippen LogP) is 0.610. The fourth-order valence-corrected chi connectivity index (χ4v) is 5.67. The molecule has 5 nitrogen and oxygen atoms in total. The standard InChI is InChI=1S/C9H10N4O.HI.Mg/c1-7-4-3-5-8(6-7)13-9(14)12(2)10-11-13;;/h3-5,7H,1-2H3;1H;/q;;+1/p-1. The number of hydrogen-bond donors (Lipinski definition) is 0. The van der Waals surface area contributed by atoms with Gasteiger partial charge in [-0.3, -0.25) is 18.9 Å². The van der Waals surface area contributed by atoms with Crippen molar-refractivity contribution in [1.29, 1.82) is 0 Å². The van der Waals surface area contributed by atoms with Gasteiger partial charge in [0.2, 0.25) is 0 Å². The number of rotatable bonds is 2. The van der Waals surface area contributed by atoms with Crippen LogP contribution < -0.4 is 5.69 Å². The van der Waals surface area contributed by atoms with Crippen LogP contribution >= 0.6 is 18.9 Å². The highest BCUT2D eigenvalue weighted by molar-refractivity contribution is 14.1. The molecule has 0 amide bonds. The van der Waals surface area contributed by atoms with Gasteiger partial charge in [0.25, 0.3) is 0 Å². The largest absolute Gasteiger partial charge is 0.477 e. The van der Waals surface area contributed by atoms with Crippen molar-refractivity contribution in [3.63, 3.8) is 0 Å². The lowest BCUT2D eigenvalue weighted by molar-refractivity contribution is 0.692.